The summed E-state index contributed by atoms with van der Waals surface area (Å²) in [5.41, 5.74) is 7.70. The second kappa shape index (κ2) is 8.72. The second-order valence-corrected chi connectivity index (χ2v) is 10.3. The molecule has 3 N–H and O–H groups in total. The molecule has 4 fully saturated rings. The van der Waals surface area contributed by atoms with Gasteiger partial charge in [-0.25, -0.2) is 15.2 Å². The molecule has 6 rings (SSSR count). The summed E-state index contributed by atoms with van der Waals surface area (Å²) in [6, 6.07) is 9.80. The number of pyridine rings is 1. The highest BCUT2D eigenvalue weighted by Crippen LogP contribution is 2.61. The van der Waals surface area contributed by atoms with Crippen molar-refractivity contribution in [1.82, 2.24) is 21.2 Å². The van der Waals surface area contributed by atoms with Crippen molar-refractivity contribution in [2.75, 3.05) is 6.54 Å². The molecule has 0 atom stereocenters. The smallest absolute Gasteiger partial charge is 0.333 e. The zero-order valence-electron chi connectivity index (χ0n) is 19.0. The summed E-state index contributed by atoms with van der Waals surface area (Å²) in [5.74, 6) is 2.10. The van der Waals surface area contributed by atoms with Crippen LogP contribution >= 0.6 is 0 Å². The number of urea groups is 1. The van der Waals surface area contributed by atoms with E-state index in [4.69, 9.17) is 0 Å². The molecule has 0 unspecified atom stereocenters. The molecule has 0 radical (unpaired) electrons. The first-order valence-electron chi connectivity index (χ1n) is 12.3. The van der Waals surface area contributed by atoms with Crippen LogP contribution in [0.25, 0.3) is 10.9 Å². The van der Waals surface area contributed by atoms with Crippen LogP contribution < -0.4 is 16.2 Å². The van der Waals surface area contributed by atoms with Crippen LogP contribution in [0.4, 0.5) is 4.79 Å². The second-order valence-electron chi connectivity index (χ2n) is 10.3. The number of para-hydroxylation sites is 1. The summed E-state index contributed by atoms with van der Waals surface area (Å²) in [4.78, 5) is 29.6. The molecule has 1 aromatic heterocycles. The molecule has 6 heteroatoms. The third-order valence-corrected chi connectivity index (χ3v) is 7.91. The number of hydrogen-bond acceptors (Lipinski definition) is 3. The Labute approximate surface area is 189 Å². The van der Waals surface area contributed by atoms with Gasteiger partial charge in [-0.3, -0.25) is 10.2 Å². The Hall–Kier alpha value is -2.63. The molecule has 3 amide bonds. The first kappa shape index (κ1) is 21.2. The fourth-order valence-corrected chi connectivity index (χ4v) is 6.97. The maximum Gasteiger partial charge on any atom is 0.333 e. The summed E-state index contributed by atoms with van der Waals surface area (Å²) in [6.45, 7) is 2.72. The van der Waals surface area contributed by atoms with E-state index in [1.54, 1.807) is 0 Å². The summed E-state index contributed by atoms with van der Waals surface area (Å²) in [5, 5.41) is 3.94. The van der Waals surface area contributed by atoms with Gasteiger partial charge in [0.2, 0.25) is 0 Å². The summed E-state index contributed by atoms with van der Waals surface area (Å²) in [7, 11) is 0. The molecule has 2 aromatic rings. The molecular weight excluding hydrogens is 400 g/mol. The third kappa shape index (κ3) is 4.07. The van der Waals surface area contributed by atoms with Crippen molar-refractivity contribution in [1.29, 1.82) is 0 Å². The molecule has 0 aliphatic heterocycles. The number of nitrogens with one attached hydrogen (secondary N) is 3. The van der Waals surface area contributed by atoms with Crippen LogP contribution in [0.5, 0.6) is 0 Å². The van der Waals surface area contributed by atoms with E-state index in [-0.39, 0.29) is 11.3 Å². The Bertz CT molecular complexity index is 983. The van der Waals surface area contributed by atoms with Crippen molar-refractivity contribution in [2.45, 2.75) is 70.1 Å². The highest BCUT2D eigenvalue weighted by atomic mass is 16.2. The number of nitrogens with zero attached hydrogens (tertiary/aromatic N) is 1. The largest absolute Gasteiger partial charge is 0.337 e. The van der Waals surface area contributed by atoms with Crippen LogP contribution in [0.2, 0.25) is 0 Å². The fourth-order valence-electron chi connectivity index (χ4n) is 6.97. The molecule has 32 heavy (non-hydrogen) atoms. The molecule has 1 aromatic carbocycles. The lowest BCUT2D eigenvalue weighted by Gasteiger charge is -2.57. The third-order valence-electron chi connectivity index (χ3n) is 7.91. The van der Waals surface area contributed by atoms with E-state index in [1.807, 2.05) is 18.2 Å². The van der Waals surface area contributed by atoms with Crippen molar-refractivity contribution >= 4 is 22.8 Å². The van der Waals surface area contributed by atoms with Crippen molar-refractivity contribution < 1.29 is 9.59 Å². The van der Waals surface area contributed by atoms with E-state index >= 15 is 0 Å². The molecule has 170 valence electrons. The van der Waals surface area contributed by atoms with Crippen molar-refractivity contribution in [3.63, 3.8) is 0 Å². The van der Waals surface area contributed by atoms with Gasteiger partial charge in [0.05, 0.1) is 5.52 Å². The van der Waals surface area contributed by atoms with Gasteiger partial charge in [0.15, 0.2) is 0 Å². The quantitative estimate of drug-likeness (QED) is 0.449. The average Bonchev–Trinajstić information content (AvgIpc) is 2.78. The first-order valence-corrected chi connectivity index (χ1v) is 12.3. The number of benzene rings is 1. The first-order chi connectivity index (χ1) is 15.6. The van der Waals surface area contributed by atoms with E-state index in [1.165, 1.54) is 49.5 Å². The maximum absolute atomic E-state index is 12.9. The Balaban J connectivity index is 1.37. The van der Waals surface area contributed by atoms with Crippen LogP contribution in [0.15, 0.2) is 30.3 Å². The summed E-state index contributed by atoms with van der Waals surface area (Å²) in [6.07, 6.45) is 10.9. The molecule has 4 aliphatic rings. The zero-order chi connectivity index (χ0) is 22.1. The van der Waals surface area contributed by atoms with E-state index < -0.39 is 6.03 Å². The Morgan fingerprint density at radius 1 is 1.00 bits per heavy atom. The predicted molar refractivity (Wildman–Crippen MR) is 125 cm³/mol. The van der Waals surface area contributed by atoms with Crippen LogP contribution in [-0.4, -0.2) is 23.5 Å². The molecule has 0 saturated heterocycles. The highest BCUT2D eigenvalue weighted by Gasteiger charge is 2.52. The SMILES string of the molecule is CCCCCNC(=O)NNC(=O)c1cc(C23CC4CC(CC(C4)C2)C3)c2ccccc2n1. The van der Waals surface area contributed by atoms with Gasteiger partial charge < -0.3 is 5.32 Å². The number of unbranched alkanes of at least 4 members (excludes halogenated alkanes) is 2. The number of aromatic nitrogens is 1. The van der Waals surface area contributed by atoms with Gasteiger partial charge in [-0.05, 0) is 85.8 Å². The number of hydrogen-bond donors (Lipinski definition) is 3. The molecule has 4 bridgehead atoms. The van der Waals surface area contributed by atoms with Gasteiger partial charge in [0.1, 0.15) is 5.69 Å². The Morgan fingerprint density at radius 2 is 1.69 bits per heavy atom. The normalized spacial score (nSPS) is 28.0. The minimum atomic E-state index is -0.392. The summed E-state index contributed by atoms with van der Waals surface area (Å²) >= 11 is 0. The van der Waals surface area contributed by atoms with Crippen LogP contribution in [0.3, 0.4) is 0 Å². The summed E-state index contributed by atoms with van der Waals surface area (Å²) < 4.78 is 0. The molecule has 0 spiro atoms. The molecule has 6 nitrogen and oxygen atoms in total. The molecule has 4 aliphatic carbocycles. The number of fused-ring (bicyclic) bond motifs is 1. The van der Waals surface area contributed by atoms with Crippen molar-refractivity contribution in [2.24, 2.45) is 17.8 Å². The fraction of sp³-hybridized carbons (Fsp3) is 0.577. The molecule has 4 saturated carbocycles. The van der Waals surface area contributed by atoms with Crippen molar-refractivity contribution in [3.05, 3.63) is 41.6 Å². The van der Waals surface area contributed by atoms with Crippen LogP contribution in [0.1, 0.15) is 80.8 Å². The van der Waals surface area contributed by atoms with Crippen LogP contribution in [-0.2, 0) is 5.41 Å². The number of carbonyl (C=O) groups excluding carboxylic acids is 2. The van der Waals surface area contributed by atoms with E-state index in [9.17, 15) is 9.59 Å². The van der Waals surface area contributed by atoms with E-state index in [0.29, 0.717) is 12.2 Å². The standard InChI is InChI=1S/C26H34N4O2/c1-2-3-6-9-27-25(32)30-29-24(31)23-13-21(20-7-4-5-8-22(20)28-23)26-14-17-10-18(15-26)12-19(11-17)16-26/h4-5,7-8,13,17-19H,2-3,6,9-12,14-16H2,1H3,(H,29,31)(H2,27,30,32). The molecule has 1 heterocycles. The van der Waals surface area contributed by atoms with Gasteiger partial charge in [0.25, 0.3) is 5.91 Å². The van der Waals surface area contributed by atoms with Crippen molar-refractivity contribution in [3.8, 4) is 0 Å². The lowest BCUT2D eigenvalue weighted by atomic mass is 9.48. The molecular formula is C26H34N4O2. The number of amides is 3. The minimum Gasteiger partial charge on any atom is -0.337 e. The number of rotatable bonds is 6. The van der Waals surface area contributed by atoms with Gasteiger partial charge in [-0.15, -0.1) is 0 Å². The van der Waals surface area contributed by atoms with E-state index in [2.05, 4.69) is 40.2 Å². The van der Waals surface area contributed by atoms with Gasteiger partial charge in [-0.1, -0.05) is 38.0 Å². The predicted octanol–water partition coefficient (Wildman–Crippen LogP) is 4.84. The van der Waals surface area contributed by atoms with Crippen LogP contribution in [0, 0.1) is 17.8 Å². The topological polar surface area (TPSA) is 83.1 Å². The van der Waals surface area contributed by atoms with E-state index in [0.717, 1.165) is 42.5 Å². The average molecular weight is 435 g/mol. The monoisotopic (exact) mass is 434 g/mol. The van der Waals surface area contributed by atoms with Gasteiger partial charge >= 0.3 is 6.03 Å². The Morgan fingerprint density at radius 3 is 2.38 bits per heavy atom. The highest BCUT2D eigenvalue weighted by molar-refractivity contribution is 5.97. The zero-order valence-corrected chi connectivity index (χ0v) is 19.0. The lowest BCUT2D eigenvalue weighted by Crippen LogP contribution is -2.49. The minimum absolute atomic E-state index is 0.163. The number of carbonyl (C=O) groups is 2. The Kier molecular flexibility index (Phi) is 5.78. The van der Waals surface area contributed by atoms with Gasteiger partial charge in [0, 0.05) is 11.9 Å². The maximum atomic E-state index is 12.9. The number of hydrazine groups is 1. The lowest BCUT2D eigenvalue weighted by molar-refractivity contribution is -0.00454. The van der Waals surface area contributed by atoms with Gasteiger partial charge in [-0.2, -0.15) is 0 Å².